The van der Waals surface area contributed by atoms with Gasteiger partial charge in [0, 0.05) is 5.56 Å². The Hall–Kier alpha value is -1.75. The van der Waals surface area contributed by atoms with Crippen LogP contribution in [0.5, 0.6) is 11.5 Å². The predicted octanol–water partition coefficient (Wildman–Crippen LogP) is 1.62. The Morgan fingerprint density at radius 2 is 2.11 bits per heavy atom. The fourth-order valence-electron chi connectivity index (χ4n) is 2.16. The lowest BCUT2D eigenvalue weighted by molar-refractivity contribution is -0.153. The first-order valence-electron chi connectivity index (χ1n) is 6.45. The SMILES string of the molecule is CCOC(=O)C(O)c1ccc2c(c1CC)OCCO2. The van der Waals surface area contributed by atoms with Gasteiger partial charge in [0.2, 0.25) is 0 Å². The topological polar surface area (TPSA) is 65.0 Å². The van der Waals surface area contributed by atoms with Crippen molar-refractivity contribution in [3.05, 3.63) is 23.3 Å². The van der Waals surface area contributed by atoms with Crippen LogP contribution in [0.3, 0.4) is 0 Å². The zero-order valence-electron chi connectivity index (χ0n) is 11.1. The lowest BCUT2D eigenvalue weighted by Gasteiger charge is -2.23. The Morgan fingerprint density at radius 3 is 2.79 bits per heavy atom. The van der Waals surface area contributed by atoms with Crippen LogP contribution in [0.2, 0.25) is 0 Å². The number of benzene rings is 1. The zero-order chi connectivity index (χ0) is 13.8. The van der Waals surface area contributed by atoms with Crippen LogP contribution in [0.4, 0.5) is 0 Å². The van der Waals surface area contributed by atoms with E-state index >= 15 is 0 Å². The van der Waals surface area contributed by atoms with Crippen LogP contribution in [0.15, 0.2) is 12.1 Å². The van der Waals surface area contributed by atoms with E-state index in [0.717, 1.165) is 5.56 Å². The lowest BCUT2D eigenvalue weighted by atomic mass is 9.98. The molecule has 1 N–H and O–H groups in total. The minimum absolute atomic E-state index is 0.238. The summed E-state index contributed by atoms with van der Waals surface area (Å²) < 4.78 is 15.9. The number of hydrogen-bond donors (Lipinski definition) is 1. The number of fused-ring (bicyclic) bond motifs is 1. The average molecular weight is 266 g/mol. The molecule has 0 amide bonds. The summed E-state index contributed by atoms with van der Waals surface area (Å²) in [6.07, 6.45) is -0.649. The van der Waals surface area contributed by atoms with E-state index in [1.807, 2.05) is 6.92 Å². The molecule has 0 spiro atoms. The van der Waals surface area contributed by atoms with E-state index in [1.54, 1.807) is 19.1 Å². The van der Waals surface area contributed by atoms with Crippen molar-refractivity contribution in [3.8, 4) is 11.5 Å². The molecule has 5 heteroatoms. The van der Waals surface area contributed by atoms with Gasteiger partial charge in [-0.05, 0) is 25.0 Å². The van der Waals surface area contributed by atoms with Gasteiger partial charge in [-0.15, -0.1) is 0 Å². The van der Waals surface area contributed by atoms with Crippen molar-refractivity contribution in [1.29, 1.82) is 0 Å². The number of carbonyl (C=O) groups excluding carboxylic acids is 1. The molecule has 5 nitrogen and oxygen atoms in total. The first-order valence-corrected chi connectivity index (χ1v) is 6.45. The molecule has 0 bridgehead atoms. The van der Waals surface area contributed by atoms with Gasteiger partial charge in [0.1, 0.15) is 13.2 Å². The Labute approximate surface area is 112 Å². The van der Waals surface area contributed by atoms with Gasteiger partial charge in [0.25, 0.3) is 0 Å². The van der Waals surface area contributed by atoms with Crippen LogP contribution in [0.25, 0.3) is 0 Å². The smallest absolute Gasteiger partial charge is 0.339 e. The predicted molar refractivity (Wildman–Crippen MR) is 68.4 cm³/mol. The van der Waals surface area contributed by atoms with E-state index in [1.165, 1.54) is 0 Å². The third-order valence-electron chi connectivity index (χ3n) is 3.01. The van der Waals surface area contributed by atoms with Crippen molar-refractivity contribution in [1.82, 2.24) is 0 Å². The number of rotatable bonds is 4. The number of carbonyl (C=O) groups is 1. The van der Waals surface area contributed by atoms with E-state index in [2.05, 4.69) is 0 Å². The maximum absolute atomic E-state index is 11.6. The highest BCUT2D eigenvalue weighted by atomic mass is 16.6. The van der Waals surface area contributed by atoms with E-state index in [4.69, 9.17) is 14.2 Å². The van der Waals surface area contributed by atoms with Crippen LogP contribution in [0.1, 0.15) is 31.1 Å². The molecule has 19 heavy (non-hydrogen) atoms. The molecule has 1 unspecified atom stereocenters. The van der Waals surface area contributed by atoms with Gasteiger partial charge in [0.15, 0.2) is 17.6 Å². The number of esters is 1. The fraction of sp³-hybridized carbons (Fsp3) is 0.500. The Bertz CT molecular complexity index is 469. The average Bonchev–Trinajstić information content (AvgIpc) is 2.45. The molecule has 0 saturated carbocycles. The summed E-state index contributed by atoms with van der Waals surface area (Å²) in [5, 5.41) is 10.1. The van der Waals surface area contributed by atoms with Crippen molar-refractivity contribution in [2.24, 2.45) is 0 Å². The first-order chi connectivity index (χ1) is 9.19. The highest BCUT2D eigenvalue weighted by molar-refractivity contribution is 5.77. The zero-order valence-corrected chi connectivity index (χ0v) is 11.1. The van der Waals surface area contributed by atoms with Gasteiger partial charge in [-0.2, -0.15) is 0 Å². The number of ether oxygens (including phenoxy) is 3. The summed E-state index contributed by atoms with van der Waals surface area (Å²) in [6, 6.07) is 3.40. The molecule has 2 rings (SSSR count). The molecule has 0 aromatic heterocycles. The summed E-state index contributed by atoms with van der Waals surface area (Å²) >= 11 is 0. The molecule has 1 aliphatic rings. The van der Waals surface area contributed by atoms with Gasteiger partial charge in [-0.1, -0.05) is 13.0 Å². The molecule has 104 valence electrons. The Kier molecular flexibility index (Phi) is 4.27. The van der Waals surface area contributed by atoms with E-state index < -0.39 is 12.1 Å². The Balaban J connectivity index is 2.37. The Morgan fingerprint density at radius 1 is 1.37 bits per heavy atom. The van der Waals surface area contributed by atoms with Crippen LogP contribution in [-0.2, 0) is 16.0 Å². The lowest BCUT2D eigenvalue weighted by Crippen LogP contribution is -2.20. The second-order valence-corrected chi connectivity index (χ2v) is 4.17. The van der Waals surface area contributed by atoms with E-state index in [-0.39, 0.29) is 6.61 Å². The molecule has 1 aromatic carbocycles. The quantitative estimate of drug-likeness (QED) is 0.839. The molecule has 0 fully saturated rings. The highest BCUT2D eigenvalue weighted by Gasteiger charge is 2.26. The van der Waals surface area contributed by atoms with Gasteiger partial charge in [-0.3, -0.25) is 0 Å². The van der Waals surface area contributed by atoms with Gasteiger partial charge in [0.05, 0.1) is 6.61 Å². The molecule has 1 heterocycles. The van der Waals surface area contributed by atoms with Crippen LogP contribution >= 0.6 is 0 Å². The summed E-state index contributed by atoms with van der Waals surface area (Å²) in [6.45, 7) is 4.86. The van der Waals surface area contributed by atoms with E-state index in [9.17, 15) is 9.90 Å². The minimum Gasteiger partial charge on any atom is -0.486 e. The maximum atomic E-state index is 11.6. The van der Waals surface area contributed by atoms with Crippen molar-refractivity contribution in [3.63, 3.8) is 0 Å². The second kappa shape index (κ2) is 5.93. The number of hydrogen-bond acceptors (Lipinski definition) is 5. The third kappa shape index (κ3) is 2.66. The van der Waals surface area contributed by atoms with Gasteiger partial charge >= 0.3 is 5.97 Å². The van der Waals surface area contributed by atoms with Crippen LogP contribution < -0.4 is 9.47 Å². The third-order valence-corrected chi connectivity index (χ3v) is 3.01. The van der Waals surface area contributed by atoms with Crippen molar-refractivity contribution in [2.45, 2.75) is 26.4 Å². The van der Waals surface area contributed by atoms with Crippen LogP contribution in [0, 0.1) is 0 Å². The maximum Gasteiger partial charge on any atom is 0.339 e. The van der Waals surface area contributed by atoms with E-state index in [0.29, 0.717) is 36.7 Å². The molecule has 0 aliphatic carbocycles. The molecule has 1 atom stereocenters. The van der Waals surface area contributed by atoms with Crippen LogP contribution in [-0.4, -0.2) is 30.9 Å². The normalized spacial score (nSPS) is 14.9. The molecule has 1 aromatic rings. The minimum atomic E-state index is -1.29. The van der Waals surface area contributed by atoms with Crippen molar-refractivity contribution in [2.75, 3.05) is 19.8 Å². The van der Waals surface area contributed by atoms with Crippen molar-refractivity contribution < 1.29 is 24.1 Å². The summed E-state index contributed by atoms with van der Waals surface area (Å²) in [4.78, 5) is 11.6. The largest absolute Gasteiger partial charge is 0.486 e. The molecule has 1 aliphatic heterocycles. The molecular weight excluding hydrogens is 248 g/mol. The first kappa shape index (κ1) is 13.7. The summed E-state index contributed by atoms with van der Waals surface area (Å²) in [5.74, 6) is 0.631. The molecule has 0 radical (unpaired) electrons. The van der Waals surface area contributed by atoms with Gasteiger partial charge < -0.3 is 19.3 Å². The highest BCUT2D eigenvalue weighted by Crippen LogP contribution is 2.38. The van der Waals surface area contributed by atoms with Gasteiger partial charge in [-0.25, -0.2) is 4.79 Å². The molecular formula is C14H18O5. The fourth-order valence-corrected chi connectivity index (χ4v) is 2.16. The van der Waals surface area contributed by atoms with Crippen molar-refractivity contribution >= 4 is 5.97 Å². The molecule has 0 saturated heterocycles. The monoisotopic (exact) mass is 266 g/mol. The number of aliphatic hydroxyl groups is 1. The summed E-state index contributed by atoms with van der Waals surface area (Å²) in [7, 11) is 0. The standard InChI is InChI=1S/C14H18O5/c1-3-9-10(12(15)14(16)17-4-2)5-6-11-13(9)19-8-7-18-11/h5-6,12,15H,3-4,7-8H2,1-2H3. The second-order valence-electron chi connectivity index (χ2n) is 4.17. The summed E-state index contributed by atoms with van der Waals surface area (Å²) in [5.41, 5.74) is 1.31. The number of aliphatic hydroxyl groups excluding tert-OH is 1.